The molecule has 0 aliphatic heterocycles. The van der Waals surface area contributed by atoms with Crippen molar-refractivity contribution in [1.29, 1.82) is 0 Å². The summed E-state index contributed by atoms with van der Waals surface area (Å²) in [5.41, 5.74) is 1.49. The van der Waals surface area contributed by atoms with E-state index in [9.17, 15) is 5.11 Å². The number of pyridine rings is 1. The first kappa shape index (κ1) is 26.2. The van der Waals surface area contributed by atoms with Crippen LogP contribution in [0.4, 0.5) is 20.3 Å². The Morgan fingerprint density at radius 1 is 1.05 bits per heavy atom. The van der Waals surface area contributed by atoms with Gasteiger partial charge in [-0.3, -0.25) is 9.67 Å². The smallest absolute Gasteiger partial charge is 0.191 e. The van der Waals surface area contributed by atoms with E-state index in [0.717, 1.165) is 11.6 Å². The van der Waals surface area contributed by atoms with Crippen molar-refractivity contribution in [1.82, 2.24) is 24.7 Å². The Hall–Kier alpha value is -3.90. The molecule has 0 aliphatic rings. The van der Waals surface area contributed by atoms with Gasteiger partial charge in [-0.2, -0.15) is 5.10 Å². The van der Waals surface area contributed by atoms with Gasteiger partial charge in [-0.05, 0) is 26.0 Å². The van der Waals surface area contributed by atoms with Crippen molar-refractivity contribution in [2.24, 2.45) is 7.05 Å². The van der Waals surface area contributed by atoms with Gasteiger partial charge in [0.15, 0.2) is 28.8 Å². The minimum atomic E-state index is -1.11. The Morgan fingerprint density at radius 3 is 2.35 bits per heavy atom. The van der Waals surface area contributed by atoms with Crippen LogP contribution in [-0.2, 0) is 11.8 Å². The van der Waals surface area contributed by atoms with Crippen molar-refractivity contribution in [2.75, 3.05) is 32.3 Å². The predicted molar refractivity (Wildman–Crippen MR) is 133 cm³/mol. The zero-order valence-electron chi connectivity index (χ0n) is 21.1. The molecule has 1 aromatic carbocycles. The molecule has 37 heavy (non-hydrogen) atoms. The van der Waals surface area contributed by atoms with Gasteiger partial charge in [0, 0.05) is 24.9 Å². The quantitative estimate of drug-likeness (QED) is 0.339. The summed E-state index contributed by atoms with van der Waals surface area (Å²) in [7, 11) is 4.31. The maximum absolute atomic E-state index is 15.5. The fourth-order valence-electron chi connectivity index (χ4n) is 3.71. The highest BCUT2D eigenvalue weighted by Gasteiger charge is 2.28. The van der Waals surface area contributed by atoms with Crippen LogP contribution >= 0.6 is 0 Å². The van der Waals surface area contributed by atoms with Gasteiger partial charge in [-0.15, -0.1) is 0 Å². The van der Waals surface area contributed by atoms with E-state index in [1.807, 2.05) is 13.8 Å². The molecule has 3 heterocycles. The number of ether oxygens (including phenoxy) is 3. The summed E-state index contributed by atoms with van der Waals surface area (Å²) in [5.74, 6) is -2.29. The van der Waals surface area contributed by atoms with E-state index in [1.165, 1.54) is 19.1 Å². The van der Waals surface area contributed by atoms with Crippen LogP contribution in [0.2, 0.25) is 0 Å². The third-order valence-electron chi connectivity index (χ3n) is 5.50. The number of hydrogen-bond acceptors (Lipinski definition) is 9. The fraction of sp³-hybridized carbons (Fsp3) is 0.360. The van der Waals surface area contributed by atoms with E-state index in [-0.39, 0.29) is 42.2 Å². The number of aryl methyl sites for hydroxylation is 1. The Bertz CT molecular complexity index is 1370. The summed E-state index contributed by atoms with van der Waals surface area (Å²) in [6.45, 7) is 3.34. The predicted octanol–water partition coefficient (Wildman–Crippen LogP) is 3.64. The highest BCUT2D eigenvalue weighted by atomic mass is 19.1. The number of hydrogen-bond donors (Lipinski definition) is 1. The normalized spacial score (nSPS) is 12.2. The minimum Gasteiger partial charge on any atom is -0.493 e. The van der Waals surface area contributed by atoms with Gasteiger partial charge in [0.25, 0.3) is 0 Å². The highest BCUT2D eigenvalue weighted by Crippen LogP contribution is 2.40. The van der Waals surface area contributed by atoms with Crippen LogP contribution in [0.3, 0.4) is 0 Å². The molecule has 0 aliphatic carbocycles. The highest BCUT2D eigenvalue weighted by molar-refractivity contribution is 5.77. The van der Waals surface area contributed by atoms with Crippen LogP contribution in [0.15, 0.2) is 36.8 Å². The average molecular weight is 515 g/mol. The van der Waals surface area contributed by atoms with Crippen molar-refractivity contribution in [3.05, 3.63) is 48.4 Å². The van der Waals surface area contributed by atoms with Crippen LogP contribution in [0, 0.1) is 11.6 Å². The minimum absolute atomic E-state index is 0.0585. The molecule has 196 valence electrons. The fourth-order valence-corrected chi connectivity index (χ4v) is 3.71. The first-order valence-electron chi connectivity index (χ1n) is 11.5. The number of halogens is 2. The molecular formula is C25H28F2N6O4. The van der Waals surface area contributed by atoms with Gasteiger partial charge in [0.2, 0.25) is 0 Å². The van der Waals surface area contributed by atoms with E-state index in [4.69, 9.17) is 14.2 Å². The molecule has 0 radical (unpaired) electrons. The lowest BCUT2D eigenvalue weighted by molar-refractivity contribution is 0.00954. The summed E-state index contributed by atoms with van der Waals surface area (Å²) < 4.78 is 48.4. The summed E-state index contributed by atoms with van der Waals surface area (Å²) in [6.07, 6.45) is 3.77. The number of anilines is 2. The molecule has 4 aromatic rings. The molecular weight excluding hydrogens is 486 g/mol. The summed E-state index contributed by atoms with van der Waals surface area (Å²) in [5, 5.41) is 14.8. The molecule has 0 amide bonds. The maximum Gasteiger partial charge on any atom is 0.191 e. The summed E-state index contributed by atoms with van der Waals surface area (Å²) in [4.78, 5) is 14.7. The van der Waals surface area contributed by atoms with Crippen LogP contribution in [0.5, 0.6) is 11.5 Å². The number of rotatable bonds is 10. The topological polar surface area (TPSA) is 108 Å². The standard InChI is InChI=1S/C25H28F2N6O4/c1-14(2)37-13-16(34)12-33(24-22(26)19(35-4)8-20(36-5)23(24)27)21-7-6-17-25(31-21)30-18(10-28-17)15-9-29-32(3)11-15/h6-11,14,16,34H,12-13H2,1-5H3. The lowest BCUT2D eigenvalue weighted by atomic mass is 10.2. The first-order chi connectivity index (χ1) is 17.7. The molecule has 0 bridgehead atoms. The average Bonchev–Trinajstić information content (AvgIpc) is 3.32. The summed E-state index contributed by atoms with van der Waals surface area (Å²) >= 11 is 0. The molecule has 1 unspecified atom stereocenters. The molecule has 0 saturated carbocycles. The SMILES string of the molecule is COc1cc(OC)c(F)c(N(CC(O)COC(C)C)c2ccc3ncc(-c4cnn(C)c4)nc3n2)c1F. The summed E-state index contributed by atoms with van der Waals surface area (Å²) in [6, 6.07) is 4.29. The number of aromatic nitrogens is 5. The van der Waals surface area contributed by atoms with Gasteiger partial charge in [-0.1, -0.05) is 0 Å². The Balaban J connectivity index is 1.84. The second-order valence-electron chi connectivity index (χ2n) is 8.57. The second kappa shape index (κ2) is 11.0. The number of methoxy groups -OCH3 is 2. The number of fused-ring (bicyclic) bond motifs is 1. The van der Waals surface area contributed by atoms with E-state index in [2.05, 4.69) is 20.1 Å². The van der Waals surface area contributed by atoms with E-state index in [1.54, 1.807) is 42.5 Å². The van der Waals surface area contributed by atoms with Gasteiger partial charge >= 0.3 is 0 Å². The molecule has 0 fully saturated rings. The van der Waals surface area contributed by atoms with Gasteiger partial charge in [0.1, 0.15) is 17.0 Å². The van der Waals surface area contributed by atoms with Crippen LogP contribution in [0.25, 0.3) is 22.4 Å². The van der Waals surface area contributed by atoms with E-state index in [0.29, 0.717) is 11.2 Å². The van der Waals surface area contributed by atoms with Crippen molar-refractivity contribution in [3.8, 4) is 22.8 Å². The lowest BCUT2D eigenvalue weighted by Gasteiger charge is -2.28. The third-order valence-corrected chi connectivity index (χ3v) is 5.50. The Kier molecular flexibility index (Phi) is 7.79. The van der Waals surface area contributed by atoms with E-state index >= 15 is 8.78 Å². The van der Waals surface area contributed by atoms with Gasteiger partial charge in [0.05, 0.1) is 57.7 Å². The van der Waals surface area contributed by atoms with Crippen molar-refractivity contribution >= 4 is 22.7 Å². The van der Waals surface area contributed by atoms with Crippen LogP contribution in [0.1, 0.15) is 13.8 Å². The van der Waals surface area contributed by atoms with Crippen LogP contribution in [-0.4, -0.2) is 69.4 Å². The molecule has 1 atom stereocenters. The Labute approximate surface area is 212 Å². The van der Waals surface area contributed by atoms with Gasteiger partial charge < -0.3 is 24.2 Å². The van der Waals surface area contributed by atoms with Crippen molar-refractivity contribution in [2.45, 2.75) is 26.1 Å². The maximum atomic E-state index is 15.5. The van der Waals surface area contributed by atoms with Crippen molar-refractivity contribution in [3.63, 3.8) is 0 Å². The molecule has 10 nitrogen and oxygen atoms in total. The molecule has 0 spiro atoms. The molecule has 4 rings (SSSR count). The number of aliphatic hydroxyl groups excluding tert-OH is 1. The first-order valence-corrected chi connectivity index (χ1v) is 11.5. The van der Waals surface area contributed by atoms with E-state index < -0.39 is 23.4 Å². The zero-order valence-corrected chi connectivity index (χ0v) is 21.1. The van der Waals surface area contributed by atoms with Crippen molar-refractivity contribution < 1.29 is 28.1 Å². The largest absolute Gasteiger partial charge is 0.493 e. The number of nitrogens with zero attached hydrogens (tertiary/aromatic N) is 6. The lowest BCUT2D eigenvalue weighted by Crippen LogP contribution is -2.34. The van der Waals surface area contributed by atoms with Gasteiger partial charge in [-0.25, -0.2) is 18.7 Å². The Morgan fingerprint density at radius 2 is 1.76 bits per heavy atom. The number of aliphatic hydroxyl groups is 1. The molecule has 12 heteroatoms. The third kappa shape index (κ3) is 5.59. The monoisotopic (exact) mass is 514 g/mol. The van der Waals surface area contributed by atoms with Crippen LogP contribution < -0.4 is 14.4 Å². The zero-order chi connectivity index (χ0) is 26.7. The molecule has 1 N–H and O–H groups in total. The number of benzene rings is 1. The molecule has 0 saturated heterocycles. The second-order valence-corrected chi connectivity index (χ2v) is 8.57. The molecule has 3 aromatic heterocycles.